The first-order valence-electron chi connectivity index (χ1n) is 6.55. The Morgan fingerprint density at radius 1 is 1.00 bits per heavy atom. The lowest BCUT2D eigenvalue weighted by molar-refractivity contribution is 0.354. The van der Waals surface area contributed by atoms with Gasteiger partial charge in [0.25, 0.3) is 0 Å². The van der Waals surface area contributed by atoms with Gasteiger partial charge in [0.2, 0.25) is 0 Å². The quantitative estimate of drug-likeness (QED) is 0.877. The fourth-order valence-electron chi connectivity index (χ4n) is 2.20. The number of nitrogens with zero attached hydrogens (tertiary/aromatic N) is 1. The lowest BCUT2D eigenvalue weighted by atomic mass is 9.99. The fourth-order valence-corrected chi connectivity index (χ4v) is 2.20. The van der Waals surface area contributed by atoms with Crippen LogP contribution in [0.3, 0.4) is 0 Å². The van der Waals surface area contributed by atoms with E-state index in [9.17, 15) is 0 Å². The van der Waals surface area contributed by atoms with Crippen molar-refractivity contribution in [2.45, 2.75) is 13.0 Å². The second-order valence-corrected chi connectivity index (χ2v) is 4.54. The van der Waals surface area contributed by atoms with Crippen molar-refractivity contribution >= 4 is 0 Å². The molecular weight excluding hydrogens is 252 g/mol. The van der Waals surface area contributed by atoms with E-state index in [1.807, 2.05) is 43.7 Å². The number of pyridine rings is 1. The monoisotopic (exact) mass is 272 g/mol. The van der Waals surface area contributed by atoms with Gasteiger partial charge in [0, 0.05) is 18.9 Å². The van der Waals surface area contributed by atoms with Crippen LogP contribution < -0.4 is 14.8 Å². The van der Waals surface area contributed by atoms with Crippen LogP contribution in [-0.2, 0) is 13.0 Å². The smallest absolute Gasteiger partial charge is 0.161 e. The van der Waals surface area contributed by atoms with Gasteiger partial charge in [-0.25, -0.2) is 0 Å². The predicted octanol–water partition coefficient (Wildman–Crippen LogP) is 2.41. The van der Waals surface area contributed by atoms with Crippen molar-refractivity contribution in [2.75, 3.05) is 21.3 Å². The van der Waals surface area contributed by atoms with Crippen LogP contribution in [0.2, 0.25) is 0 Å². The average molecular weight is 272 g/mol. The molecule has 0 fully saturated rings. The van der Waals surface area contributed by atoms with Crippen LogP contribution in [0, 0.1) is 0 Å². The minimum Gasteiger partial charge on any atom is -0.493 e. The molecule has 0 aliphatic heterocycles. The zero-order chi connectivity index (χ0) is 14.4. The molecule has 2 aromatic rings. The molecule has 0 aliphatic carbocycles. The topological polar surface area (TPSA) is 43.4 Å². The normalized spacial score (nSPS) is 10.3. The van der Waals surface area contributed by atoms with Crippen LogP contribution in [-0.4, -0.2) is 26.3 Å². The summed E-state index contributed by atoms with van der Waals surface area (Å²) in [5.74, 6) is 1.52. The van der Waals surface area contributed by atoms with Gasteiger partial charge >= 0.3 is 0 Å². The maximum atomic E-state index is 5.39. The molecule has 4 heteroatoms. The minimum absolute atomic E-state index is 0.760. The van der Waals surface area contributed by atoms with Crippen molar-refractivity contribution < 1.29 is 9.47 Å². The van der Waals surface area contributed by atoms with Crippen molar-refractivity contribution in [2.24, 2.45) is 0 Å². The van der Waals surface area contributed by atoms with Crippen LogP contribution in [0.1, 0.15) is 16.7 Å². The Balaban J connectivity index is 2.38. The average Bonchev–Trinajstić information content (AvgIpc) is 2.49. The van der Waals surface area contributed by atoms with Gasteiger partial charge in [-0.2, -0.15) is 0 Å². The van der Waals surface area contributed by atoms with Gasteiger partial charge in [0.1, 0.15) is 0 Å². The molecular formula is C16H20N2O2. The highest BCUT2D eigenvalue weighted by Gasteiger charge is 2.11. The first-order chi connectivity index (χ1) is 9.78. The van der Waals surface area contributed by atoms with Crippen LogP contribution in [0.4, 0.5) is 0 Å². The van der Waals surface area contributed by atoms with Crippen LogP contribution in [0.25, 0.3) is 0 Å². The summed E-state index contributed by atoms with van der Waals surface area (Å²) in [4.78, 5) is 4.05. The van der Waals surface area contributed by atoms with E-state index in [-0.39, 0.29) is 0 Å². The summed E-state index contributed by atoms with van der Waals surface area (Å²) in [6.07, 6.45) is 4.47. The molecule has 0 saturated heterocycles. The fraction of sp³-hybridized carbons (Fsp3) is 0.312. The van der Waals surface area contributed by atoms with E-state index in [1.54, 1.807) is 14.2 Å². The summed E-state index contributed by atoms with van der Waals surface area (Å²) in [5, 5.41) is 3.19. The lowest BCUT2D eigenvalue weighted by Crippen LogP contribution is -2.09. The molecule has 2 rings (SSSR count). The number of nitrogens with one attached hydrogen (secondary N) is 1. The highest BCUT2D eigenvalue weighted by molar-refractivity contribution is 5.48. The number of aromatic nitrogens is 1. The molecule has 4 nitrogen and oxygen atoms in total. The lowest BCUT2D eigenvalue weighted by Gasteiger charge is -2.15. The standard InChI is InChI=1S/C16H20N2O2/c1-17-11-14-10-16(20-3)15(19-2)9-13(14)8-12-4-6-18-7-5-12/h4-7,9-10,17H,8,11H2,1-3H3. The van der Waals surface area contributed by atoms with Crippen molar-refractivity contribution in [3.8, 4) is 11.5 Å². The third-order valence-electron chi connectivity index (χ3n) is 3.22. The minimum atomic E-state index is 0.760. The van der Waals surface area contributed by atoms with Gasteiger partial charge < -0.3 is 14.8 Å². The molecule has 106 valence electrons. The maximum absolute atomic E-state index is 5.39. The van der Waals surface area contributed by atoms with Gasteiger partial charge in [0.05, 0.1) is 14.2 Å². The van der Waals surface area contributed by atoms with E-state index >= 15 is 0 Å². The van der Waals surface area contributed by atoms with Crippen molar-refractivity contribution in [1.82, 2.24) is 10.3 Å². The molecule has 0 unspecified atom stereocenters. The summed E-state index contributed by atoms with van der Waals surface area (Å²) in [7, 11) is 5.25. The summed E-state index contributed by atoms with van der Waals surface area (Å²) in [6.45, 7) is 0.792. The highest BCUT2D eigenvalue weighted by atomic mass is 16.5. The number of hydrogen-bond donors (Lipinski definition) is 1. The van der Waals surface area contributed by atoms with Crippen molar-refractivity contribution in [3.63, 3.8) is 0 Å². The molecule has 0 atom stereocenters. The van der Waals surface area contributed by atoms with E-state index in [1.165, 1.54) is 16.7 Å². The number of benzene rings is 1. The molecule has 0 aliphatic rings. The third-order valence-corrected chi connectivity index (χ3v) is 3.22. The summed E-state index contributed by atoms with van der Waals surface area (Å²) >= 11 is 0. The first-order valence-corrected chi connectivity index (χ1v) is 6.55. The largest absolute Gasteiger partial charge is 0.493 e. The van der Waals surface area contributed by atoms with Gasteiger partial charge in [-0.1, -0.05) is 0 Å². The van der Waals surface area contributed by atoms with Crippen LogP contribution in [0.15, 0.2) is 36.7 Å². The second-order valence-electron chi connectivity index (χ2n) is 4.54. The van der Waals surface area contributed by atoms with E-state index in [2.05, 4.69) is 10.3 Å². The molecule has 20 heavy (non-hydrogen) atoms. The summed E-state index contributed by atoms with van der Waals surface area (Å²) < 4.78 is 10.8. The van der Waals surface area contributed by atoms with Gasteiger partial charge in [-0.3, -0.25) is 4.98 Å². The van der Waals surface area contributed by atoms with Gasteiger partial charge in [-0.05, 0) is 54.4 Å². The van der Waals surface area contributed by atoms with Crippen molar-refractivity contribution in [1.29, 1.82) is 0 Å². The van der Waals surface area contributed by atoms with E-state index < -0.39 is 0 Å². The Morgan fingerprint density at radius 3 is 2.15 bits per heavy atom. The Kier molecular flexibility index (Phi) is 4.96. The summed E-state index contributed by atoms with van der Waals surface area (Å²) in [6, 6.07) is 8.14. The molecule has 0 radical (unpaired) electrons. The van der Waals surface area contributed by atoms with Crippen molar-refractivity contribution in [3.05, 3.63) is 53.3 Å². The SMILES string of the molecule is CNCc1cc(OC)c(OC)cc1Cc1ccncc1. The Morgan fingerprint density at radius 2 is 1.60 bits per heavy atom. The van der Waals surface area contributed by atoms with Gasteiger partial charge in [0.15, 0.2) is 11.5 Å². The number of rotatable bonds is 6. The molecule has 1 aromatic carbocycles. The third kappa shape index (κ3) is 3.27. The van der Waals surface area contributed by atoms with E-state index in [0.29, 0.717) is 0 Å². The zero-order valence-corrected chi connectivity index (χ0v) is 12.1. The van der Waals surface area contributed by atoms with Gasteiger partial charge in [-0.15, -0.1) is 0 Å². The number of methoxy groups -OCH3 is 2. The highest BCUT2D eigenvalue weighted by Crippen LogP contribution is 2.31. The number of ether oxygens (including phenoxy) is 2. The molecule has 0 saturated carbocycles. The van der Waals surface area contributed by atoms with E-state index in [4.69, 9.17) is 9.47 Å². The molecule has 1 aromatic heterocycles. The first kappa shape index (κ1) is 14.3. The maximum Gasteiger partial charge on any atom is 0.161 e. The molecule has 0 bridgehead atoms. The Hall–Kier alpha value is -2.07. The molecule has 1 heterocycles. The zero-order valence-electron chi connectivity index (χ0n) is 12.1. The summed E-state index contributed by atoms with van der Waals surface area (Å²) in [5.41, 5.74) is 3.66. The molecule has 0 amide bonds. The van der Waals surface area contributed by atoms with E-state index in [0.717, 1.165) is 24.5 Å². The molecule has 1 N–H and O–H groups in total. The predicted molar refractivity (Wildman–Crippen MR) is 79.4 cm³/mol. The second kappa shape index (κ2) is 6.91. The molecule has 0 spiro atoms. The number of hydrogen-bond acceptors (Lipinski definition) is 4. The van der Waals surface area contributed by atoms with Crippen LogP contribution in [0.5, 0.6) is 11.5 Å². The van der Waals surface area contributed by atoms with Crippen LogP contribution >= 0.6 is 0 Å². The Labute approximate surface area is 119 Å². The Bertz CT molecular complexity index is 556.